The molecule has 0 aromatic heterocycles. The van der Waals surface area contributed by atoms with E-state index in [-0.39, 0.29) is 0 Å². The number of hydrogen-bond donors (Lipinski definition) is 2. The predicted molar refractivity (Wildman–Crippen MR) is 72.0 cm³/mol. The van der Waals surface area contributed by atoms with E-state index >= 15 is 0 Å². The molecule has 1 aliphatic carbocycles. The van der Waals surface area contributed by atoms with Crippen LogP contribution in [-0.4, -0.2) is 22.2 Å². The van der Waals surface area contributed by atoms with Gasteiger partial charge in [-0.1, -0.05) is 30.4 Å². The van der Waals surface area contributed by atoms with Gasteiger partial charge in [-0.05, 0) is 23.9 Å². The fourth-order valence-corrected chi connectivity index (χ4v) is 6.33. The summed E-state index contributed by atoms with van der Waals surface area (Å²) in [6.45, 7) is 4.88. The molecular formula is C13H18N2Si. The van der Waals surface area contributed by atoms with Gasteiger partial charge in [-0.2, -0.15) is 0 Å². The minimum absolute atomic E-state index is 0.383. The predicted octanol–water partition coefficient (Wildman–Crippen LogP) is 0.657. The number of rotatable bonds is 2. The third kappa shape index (κ3) is 1.05. The molecule has 1 atom stereocenters. The van der Waals surface area contributed by atoms with Crippen molar-refractivity contribution in [3.05, 3.63) is 29.3 Å². The summed E-state index contributed by atoms with van der Waals surface area (Å²) in [7, 11) is 2.88. The van der Waals surface area contributed by atoms with Crippen molar-refractivity contribution in [2.75, 3.05) is 14.1 Å². The number of benzene rings is 1. The van der Waals surface area contributed by atoms with Crippen LogP contribution in [0.5, 0.6) is 0 Å². The Morgan fingerprint density at radius 3 is 2.56 bits per heavy atom. The smallest absolute Gasteiger partial charge is 0.112 e. The SMILES string of the molecule is CNC1=CC(NC)c2ccc3c(c21)[Si]3(C)C. The highest BCUT2D eigenvalue weighted by Crippen LogP contribution is 2.35. The van der Waals surface area contributed by atoms with Gasteiger partial charge in [-0.25, -0.2) is 0 Å². The molecule has 3 rings (SSSR count). The van der Waals surface area contributed by atoms with Crippen molar-refractivity contribution in [3.8, 4) is 0 Å². The van der Waals surface area contributed by atoms with E-state index in [0.29, 0.717) is 6.04 Å². The Kier molecular flexibility index (Phi) is 1.89. The van der Waals surface area contributed by atoms with Crippen LogP contribution < -0.4 is 21.0 Å². The van der Waals surface area contributed by atoms with Crippen LogP contribution in [0.15, 0.2) is 18.2 Å². The second kappa shape index (κ2) is 2.99. The van der Waals surface area contributed by atoms with Crippen LogP contribution in [0.3, 0.4) is 0 Å². The lowest BCUT2D eigenvalue weighted by molar-refractivity contribution is 0.725. The fourth-order valence-electron chi connectivity index (χ4n) is 2.97. The van der Waals surface area contributed by atoms with Crippen molar-refractivity contribution < 1.29 is 0 Å². The molecule has 0 spiro atoms. The van der Waals surface area contributed by atoms with Crippen molar-refractivity contribution in [2.24, 2.45) is 0 Å². The van der Waals surface area contributed by atoms with Crippen molar-refractivity contribution in [1.29, 1.82) is 0 Å². The van der Waals surface area contributed by atoms with Crippen LogP contribution in [0.2, 0.25) is 13.1 Å². The van der Waals surface area contributed by atoms with E-state index in [1.807, 2.05) is 14.1 Å². The van der Waals surface area contributed by atoms with Gasteiger partial charge >= 0.3 is 0 Å². The van der Waals surface area contributed by atoms with E-state index in [9.17, 15) is 0 Å². The van der Waals surface area contributed by atoms with E-state index in [0.717, 1.165) is 0 Å². The molecule has 2 nitrogen and oxygen atoms in total. The number of hydrogen-bond acceptors (Lipinski definition) is 2. The fraction of sp³-hybridized carbons (Fsp3) is 0.385. The van der Waals surface area contributed by atoms with Gasteiger partial charge in [-0.3, -0.25) is 0 Å². The van der Waals surface area contributed by atoms with E-state index in [1.54, 1.807) is 10.4 Å². The molecule has 0 fully saturated rings. The van der Waals surface area contributed by atoms with E-state index in [2.05, 4.69) is 41.9 Å². The Labute approximate surface area is 97.8 Å². The van der Waals surface area contributed by atoms with Crippen LogP contribution in [0.1, 0.15) is 17.2 Å². The Morgan fingerprint density at radius 1 is 1.19 bits per heavy atom. The third-order valence-corrected chi connectivity index (χ3v) is 7.27. The molecule has 16 heavy (non-hydrogen) atoms. The summed E-state index contributed by atoms with van der Waals surface area (Å²) in [5.74, 6) is 0. The summed E-state index contributed by atoms with van der Waals surface area (Å²) >= 11 is 0. The molecule has 0 saturated carbocycles. The summed E-state index contributed by atoms with van der Waals surface area (Å²) in [6, 6.07) is 5.03. The number of nitrogens with one attached hydrogen (secondary N) is 2. The average molecular weight is 230 g/mol. The highest BCUT2D eigenvalue weighted by atomic mass is 28.3. The summed E-state index contributed by atoms with van der Waals surface area (Å²) in [4.78, 5) is 0. The third-order valence-electron chi connectivity index (χ3n) is 3.99. The zero-order valence-electron chi connectivity index (χ0n) is 10.3. The quantitative estimate of drug-likeness (QED) is 0.729. The standard InChI is InChI=1S/C13H18N2Si/c1-14-9-7-10(15-2)12-8(9)5-6-11-13(12)16(11,3)4/h5-7,9,14-15H,1-4H3. The highest BCUT2D eigenvalue weighted by Gasteiger charge is 2.48. The maximum absolute atomic E-state index is 3.36. The maximum atomic E-state index is 3.36. The van der Waals surface area contributed by atoms with Crippen LogP contribution in [-0.2, 0) is 0 Å². The molecule has 84 valence electrons. The van der Waals surface area contributed by atoms with Gasteiger partial charge in [0.15, 0.2) is 0 Å². The minimum atomic E-state index is -1.16. The summed E-state index contributed by atoms with van der Waals surface area (Å²) in [6.07, 6.45) is 2.30. The Balaban J connectivity index is 2.20. The molecule has 0 amide bonds. The molecule has 1 aromatic carbocycles. The van der Waals surface area contributed by atoms with Gasteiger partial charge in [0.25, 0.3) is 0 Å². The van der Waals surface area contributed by atoms with E-state index in [1.165, 1.54) is 16.8 Å². The zero-order valence-corrected chi connectivity index (χ0v) is 11.3. The molecule has 1 aromatic rings. The lowest BCUT2D eigenvalue weighted by Crippen LogP contribution is -2.20. The maximum Gasteiger partial charge on any atom is 0.112 e. The lowest BCUT2D eigenvalue weighted by Gasteiger charge is -2.08. The van der Waals surface area contributed by atoms with Crippen LogP contribution in [0.25, 0.3) is 5.70 Å². The van der Waals surface area contributed by atoms with Crippen LogP contribution in [0, 0.1) is 0 Å². The molecule has 2 aliphatic rings. The molecule has 1 unspecified atom stereocenters. The normalized spacial score (nSPS) is 23.5. The van der Waals surface area contributed by atoms with Crippen LogP contribution in [0.4, 0.5) is 0 Å². The van der Waals surface area contributed by atoms with Crippen molar-refractivity contribution >= 4 is 24.1 Å². The number of likely N-dealkylation sites (N-methyl/N-ethyl adjacent to an activating group) is 1. The summed E-state index contributed by atoms with van der Waals surface area (Å²) in [5, 5.41) is 10.0. The molecule has 3 heteroatoms. The minimum Gasteiger partial charge on any atom is -0.388 e. The molecule has 0 saturated heterocycles. The summed E-state index contributed by atoms with van der Waals surface area (Å²) in [5.41, 5.74) is 4.25. The van der Waals surface area contributed by atoms with Gasteiger partial charge in [0.1, 0.15) is 8.07 Å². The first-order chi connectivity index (χ1) is 7.61. The molecule has 1 heterocycles. The van der Waals surface area contributed by atoms with E-state index < -0.39 is 8.07 Å². The second-order valence-electron chi connectivity index (χ2n) is 5.17. The molecule has 1 aliphatic heterocycles. The van der Waals surface area contributed by atoms with Gasteiger partial charge in [0, 0.05) is 18.3 Å². The van der Waals surface area contributed by atoms with Crippen molar-refractivity contribution in [1.82, 2.24) is 10.6 Å². The first kappa shape index (κ1) is 10.1. The Morgan fingerprint density at radius 2 is 1.94 bits per heavy atom. The zero-order chi connectivity index (χ0) is 11.5. The van der Waals surface area contributed by atoms with Gasteiger partial charge in [-0.15, -0.1) is 0 Å². The Bertz CT molecular complexity index is 503. The van der Waals surface area contributed by atoms with Gasteiger partial charge in [0.05, 0.1) is 6.04 Å². The molecule has 0 radical (unpaired) electrons. The summed E-state index contributed by atoms with van der Waals surface area (Å²) < 4.78 is 0. The van der Waals surface area contributed by atoms with E-state index in [4.69, 9.17) is 0 Å². The lowest BCUT2D eigenvalue weighted by atomic mass is 10.1. The first-order valence-corrected chi connectivity index (χ1v) is 8.86. The highest BCUT2D eigenvalue weighted by molar-refractivity contribution is 7.16. The van der Waals surface area contributed by atoms with Crippen LogP contribution >= 0.6 is 0 Å². The monoisotopic (exact) mass is 230 g/mol. The van der Waals surface area contributed by atoms with Gasteiger partial charge < -0.3 is 10.6 Å². The molecule has 0 bridgehead atoms. The topological polar surface area (TPSA) is 24.1 Å². The largest absolute Gasteiger partial charge is 0.388 e. The molecular weight excluding hydrogens is 212 g/mol. The Hall–Kier alpha value is -1.06. The van der Waals surface area contributed by atoms with Crippen molar-refractivity contribution in [3.63, 3.8) is 0 Å². The number of fused-ring (bicyclic) bond motifs is 3. The first-order valence-electron chi connectivity index (χ1n) is 5.86. The average Bonchev–Trinajstić information content (AvgIpc) is 2.71. The second-order valence-corrected chi connectivity index (χ2v) is 9.46. The van der Waals surface area contributed by atoms with Gasteiger partial charge in [0.2, 0.25) is 0 Å². The van der Waals surface area contributed by atoms with Crippen molar-refractivity contribution in [2.45, 2.75) is 19.1 Å². The molecule has 2 N–H and O–H groups in total.